The average molecular weight is 290 g/mol. The summed E-state index contributed by atoms with van der Waals surface area (Å²) in [7, 11) is 0. The lowest BCUT2D eigenvalue weighted by Crippen LogP contribution is -2.38. The predicted octanol–water partition coefficient (Wildman–Crippen LogP) is 1.15. The van der Waals surface area contributed by atoms with Crippen LogP contribution in [0.15, 0.2) is 45.2 Å². The first-order chi connectivity index (χ1) is 9.81. The topological polar surface area (TPSA) is 71.1 Å². The molecule has 6 nitrogen and oxygen atoms in total. The van der Waals surface area contributed by atoms with Gasteiger partial charge in [0.2, 0.25) is 11.1 Å². The minimum Gasteiger partial charge on any atom is -0.378 e. The number of benzene rings is 1. The van der Waals surface area contributed by atoms with Gasteiger partial charge in [0, 0.05) is 18.0 Å². The molecule has 2 aromatic rings. The molecule has 20 heavy (non-hydrogen) atoms. The van der Waals surface area contributed by atoms with Gasteiger partial charge in [-0.15, -0.1) is 0 Å². The molecule has 0 spiro atoms. The van der Waals surface area contributed by atoms with Gasteiger partial charge in [0.25, 0.3) is 0 Å². The molecular weight excluding hydrogens is 276 g/mol. The monoisotopic (exact) mass is 290 g/mol. The maximum absolute atomic E-state index is 11.7. The molecule has 0 unspecified atom stereocenters. The standard InChI is InChI=1S/C13H14N4O2S/c18-12-14-11(17-6-8-19-9-7-17)15-13(16-12)20-10-4-2-1-3-5-10/h1-5H,6-9H2,(H,14,15,16,18). The van der Waals surface area contributed by atoms with Gasteiger partial charge >= 0.3 is 5.69 Å². The van der Waals surface area contributed by atoms with Gasteiger partial charge in [0.1, 0.15) is 0 Å². The summed E-state index contributed by atoms with van der Waals surface area (Å²) in [4.78, 5) is 25.7. The van der Waals surface area contributed by atoms with Crippen LogP contribution < -0.4 is 10.6 Å². The van der Waals surface area contributed by atoms with Crippen molar-refractivity contribution in [3.05, 3.63) is 40.8 Å². The molecule has 1 aliphatic heterocycles. The summed E-state index contributed by atoms with van der Waals surface area (Å²) in [6.07, 6.45) is 0. The van der Waals surface area contributed by atoms with E-state index in [4.69, 9.17) is 4.74 Å². The molecule has 1 saturated heterocycles. The number of H-pyrrole nitrogens is 1. The number of nitrogens with one attached hydrogen (secondary N) is 1. The molecule has 0 amide bonds. The van der Waals surface area contributed by atoms with Crippen molar-refractivity contribution in [3.8, 4) is 0 Å². The Hall–Kier alpha value is -1.86. The number of anilines is 1. The molecule has 0 atom stereocenters. The number of ether oxygens (including phenoxy) is 1. The van der Waals surface area contributed by atoms with Gasteiger partial charge < -0.3 is 9.64 Å². The summed E-state index contributed by atoms with van der Waals surface area (Å²) in [5.74, 6) is 0.562. The van der Waals surface area contributed by atoms with Gasteiger partial charge in [0.05, 0.1) is 13.2 Å². The van der Waals surface area contributed by atoms with Crippen LogP contribution in [0.4, 0.5) is 5.95 Å². The van der Waals surface area contributed by atoms with E-state index in [-0.39, 0.29) is 5.69 Å². The Labute approximate surface area is 120 Å². The summed E-state index contributed by atoms with van der Waals surface area (Å²) in [5.41, 5.74) is -0.375. The van der Waals surface area contributed by atoms with Crippen molar-refractivity contribution in [2.45, 2.75) is 10.1 Å². The van der Waals surface area contributed by atoms with E-state index in [9.17, 15) is 4.79 Å². The predicted molar refractivity (Wildman–Crippen MR) is 76.2 cm³/mol. The van der Waals surface area contributed by atoms with Crippen molar-refractivity contribution in [2.75, 3.05) is 31.2 Å². The van der Waals surface area contributed by atoms with E-state index in [0.29, 0.717) is 24.3 Å². The van der Waals surface area contributed by atoms with Crippen molar-refractivity contribution in [3.63, 3.8) is 0 Å². The first-order valence-electron chi connectivity index (χ1n) is 6.35. The molecule has 2 heterocycles. The first-order valence-corrected chi connectivity index (χ1v) is 7.17. The average Bonchev–Trinajstić information content (AvgIpc) is 2.49. The van der Waals surface area contributed by atoms with E-state index in [1.807, 2.05) is 35.2 Å². The second-order valence-electron chi connectivity index (χ2n) is 4.27. The molecule has 3 rings (SSSR count). The zero-order chi connectivity index (χ0) is 13.8. The number of hydrogen-bond acceptors (Lipinski definition) is 6. The number of hydrogen-bond donors (Lipinski definition) is 1. The Morgan fingerprint density at radius 3 is 2.65 bits per heavy atom. The van der Waals surface area contributed by atoms with Gasteiger partial charge in [-0.1, -0.05) is 18.2 Å². The highest BCUT2D eigenvalue weighted by Gasteiger charge is 2.15. The number of morpholine rings is 1. The molecule has 1 fully saturated rings. The van der Waals surface area contributed by atoms with E-state index in [2.05, 4.69) is 15.0 Å². The van der Waals surface area contributed by atoms with E-state index >= 15 is 0 Å². The molecule has 1 aliphatic rings. The van der Waals surface area contributed by atoms with Crippen LogP contribution in [-0.2, 0) is 4.74 Å². The minimum atomic E-state index is -0.375. The van der Waals surface area contributed by atoms with E-state index in [1.165, 1.54) is 11.8 Å². The fraction of sp³-hybridized carbons (Fsp3) is 0.308. The van der Waals surface area contributed by atoms with Crippen LogP contribution in [0.3, 0.4) is 0 Å². The second-order valence-corrected chi connectivity index (χ2v) is 5.32. The lowest BCUT2D eigenvalue weighted by atomic mass is 10.4. The second kappa shape index (κ2) is 6.06. The van der Waals surface area contributed by atoms with E-state index in [0.717, 1.165) is 18.0 Å². The maximum atomic E-state index is 11.7. The zero-order valence-electron chi connectivity index (χ0n) is 10.8. The van der Waals surface area contributed by atoms with Crippen molar-refractivity contribution in [1.82, 2.24) is 15.0 Å². The van der Waals surface area contributed by atoms with Gasteiger partial charge in [-0.2, -0.15) is 9.97 Å². The third kappa shape index (κ3) is 3.17. The Morgan fingerprint density at radius 1 is 1.15 bits per heavy atom. The summed E-state index contributed by atoms with van der Waals surface area (Å²) in [6.45, 7) is 2.74. The van der Waals surface area contributed by atoms with Gasteiger partial charge in [0.15, 0.2) is 0 Å². The van der Waals surface area contributed by atoms with Crippen LogP contribution in [0.1, 0.15) is 0 Å². The first kappa shape index (κ1) is 13.1. The highest BCUT2D eigenvalue weighted by atomic mass is 32.2. The Morgan fingerprint density at radius 2 is 1.90 bits per heavy atom. The summed E-state index contributed by atoms with van der Waals surface area (Å²) in [6, 6.07) is 9.76. The minimum absolute atomic E-state index is 0.375. The maximum Gasteiger partial charge on any atom is 0.350 e. The largest absolute Gasteiger partial charge is 0.378 e. The Bertz CT molecular complexity index is 626. The molecule has 0 aliphatic carbocycles. The molecule has 1 N–H and O–H groups in total. The highest BCUT2D eigenvalue weighted by molar-refractivity contribution is 7.99. The van der Waals surface area contributed by atoms with Crippen LogP contribution in [0.2, 0.25) is 0 Å². The van der Waals surface area contributed by atoms with Gasteiger partial charge in [-0.3, -0.25) is 4.98 Å². The molecular formula is C13H14N4O2S. The number of aromatic nitrogens is 3. The van der Waals surface area contributed by atoms with Crippen molar-refractivity contribution >= 4 is 17.7 Å². The number of rotatable bonds is 3. The fourth-order valence-electron chi connectivity index (χ4n) is 1.92. The number of nitrogens with zero attached hydrogens (tertiary/aromatic N) is 3. The lowest BCUT2D eigenvalue weighted by Gasteiger charge is -2.26. The van der Waals surface area contributed by atoms with E-state index in [1.54, 1.807) is 0 Å². The molecule has 104 valence electrons. The van der Waals surface area contributed by atoms with Crippen LogP contribution >= 0.6 is 11.8 Å². The molecule has 0 bridgehead atoms. The van der Waals surface area contributed by atoms with Crippen LogP contribution in [0.5, 0.6) is 0 Å². The summed E-state index contributed by atoms with van der Waals surface area (Å²) < 4.78 is 5.30. The molecule has 1 aromatic carbocycles. The molecule has 1 aromatic heterocycles. The SMILES string of the molecule is O=c1nc(Sc2ccccc2)nc(N2CCOCC2)[nH]1. The molecule has 0 saturated carbocycles. The zero-order valence-corrected chi connectivity index (χ0v) is 11.6. The van der Waals surface area contributed by atoms with Gasteiger partial charge in [-0.25, -0.2) is 4.79 Å². The Kier molecular flexibility index (Phi) is 3.98. The smallest absolute Gasteiger partial charge is 0.350 e. The van der Waals surface area contributed by atoms with Crippen molar-refractivity contribution < 1.29 is 4.74 Å². The highest BCUT2D eigenvalue weighted by Crippen LogP contribution is 2.24. The van der Waals surface area contributed by atoms with E-state index < -0.39 is 0 Å². The Balaban J connectivity index is 1.84. The van der Waals surface area contributed by atoms with Gasteiger partial charge in [-0.05, 0) is 23.9 Å². The summed E-state index contributed by atoms with van der Waals surface area (Å²) >= 11 is 1.38. The quantitative estimate of drug-likeness (QED) is 0.914. The van der Waals surface area contributed by atoms with Crippen molar-refractivity contribution in [1.29, 1.82) is 0 Å². The van der Waals surface area contributed by atoms with Crippen LogP contribution in [-0.4, -0.2) is 41.3 Å². The third-order valence-electron chi connectivity index (χ3n) is 2.88. The third-order valence-corrected chi connectivity index (χ3v) is 3.75. The fourth-order valence-corrected chi connectivity index (χ4v) is 2.68. The van der Waals surface area contributed by atoms with Crippen LogP contribution in [0, 0.1) is 0 Å². The lowest BCUT2D eigenvalue weighted by molar-refractivity contribution is 0.122. The molecule has 0 radical (unpaired) electrons. The molecule has 7 heteroatoms. The van der Waals surface area contributed by atoms with Crippen molar-refractivity contribution in [2.24, 2.45) is 0 Å². The normalized spacial score (nSPS) is 15.3. The summed E-state index contributed by atoms with van der Waals surface area (Å²) in [5, 5.41) is 0.460. The van der Waals surface area contributed by atoms with Crippen LogP contribution in [0.25, 0.3) is 0 Å². The number of aromatic amines is 1.